The molecule has 0 saturated heterocycles. The van der Waals surface area contributed by atoms with Gasteiger partial charge in [-0.25, -0.2) is 30.6 Å². The van der Waals surface area contributed by atoms with E-state index in [1.165, 1.54) is 45.0 Å². The maximum atomic E-state index is 15.6. The van der Waals surface area contributed by atoms with Crippen molar-refractivity contribution in [1.82, 2.24) is 24.5 Å². The van der Waals surface area contributed by atoms with Crippen molar-refractivity contribution in [2.24, 2.45) is 5.92 Å². The molecule has 5 aromatic rings. The second-order valence-electron chi connectivity index (χ2n) is 17.6. The minimum absolute atomic E-state index is 0.0917. The number of benzene rings is 2. The van der Waals surface area contributed by atoms with E-state index < -0.39 is 138 Å². The zero-order valence-corrected chi connectivity index (χ0v) is 37.9. The summed E-state index contributed by atoms with van der Waals surface area (Å²) >= 11 is 6.58. The van der Waals surface area contributed by atoms with Crippen LogP contribution in [0.1, 0.15) is 97.9 Å². The normalized spacial score (nSPS) is 18.7. The van der Waals surface area contributed by atoms with E-state index in [9.17, 15) is 56.8 Å². The van der Waals surface area contributed by atoms with Crippen LogP contribution in [0, 0.1) is 29.4 Å². The Balaban J connectivity index is 1.33. The fourth-order valence-corrected chi connectivity index (χ4v) is 11.7. The smallest absolute Gasteiger partial charge is 0.298 e. The minimum Gasteiger partial charge on any atom is -0.298 e. The SMILES string of the molecule is CCS(=O)(=O)Cc1nn(CC(F)(F)F)c2c(-c3ccc(C#CC(C)(C)S(=O)(=O)C4CC4)nc3[C@@H](CC(=O)Cn3nc(C(F)(F)F)c4c3C(F)(F)[C@@H]3C[C@H]43)Cc3cc(F)cc(F)c3)ccc(Cl)c12. The van der Waals surface area contributed by atoms with E-state index in [4.69, 9.17) is 11.6 Å². The molecule has 10 nitrogen and oxygen atoms in total. The van der Waals surface area contributed by atoms with Crippen LogP contribution in [-0.4, -0.2) is 69.1 Å². The lowest BCUT2D eigenvalue weighted by Gasteiger charge is -2.22. The number of hydrogen-bond donors (Lipinski definition) is 0. The van der Waals surface area contributed by atoms with Crippen LogP contribution in [-0.2, 0) is 61.8 Å². The second-order valence-corrected chi connectivity index (χ2v) is 23.1. The molecule has 2 fully saturated rings. The molecular formula is C44H38ClF10N5O5S2. The van der Waals surface area contributed by atoms with Gasteiger partial charge in [-0.2, -0.15) is 45.3 Å². The van der Waals surface area contributed by atoms with Crippen molar-refractivity contribution in [1.29, 1.82) is 0 Å². The number of aromatic nitrogens is 5. The monoisotopic (exact) mass is 1010 g/mol. The highest BCUT2D eigenvalue weighted by atomic mass is 35.5. The van der Waals surface area contributed by atoms with Gasteiger partial charge in [-0.05, 0) is 87.3 Å². The van der Waals surface area contributed by atoms with Crippen LogP contribution >= 0.6 is 11.6 Å². The summed E-state index contributed by atoms with van der Waals surface area (Å²) in [6.07, 6.45) is -10.8. The second kappa shape index (κ2) is 16.6. The third-order valence-electron chi connectivity index (χ3n) is 12.2. The van der Waals surface area contributed by atoms with E-state index in [-0.39, 0.29) is 56.1 Å². The molecule has 67 heavy (non-hydrogen) atoms. The van der Waals surface area contributed by atoms with Crippen molar-refractivity contribution in [2.75, 3.05) is 5.75 Å². The first-order chi connectivity index (χ1) is 31.0. The lowest BCUT2D eigenvalue weighted by atomic mass is 9.86. The minimum atomic E-state index is -5.16. The highest BCUT2D eigenvalue weighted by molar-refractivity contribution is 7.93. The molecule has 0 amide bonds. The fraction of sp³-hybridized carbons (Fsp3) is 0.455. The summed E-state index contributed by atoms with van der Waals surface area (Å²) in [5.74, 6) is -6.75. The summed E-state index contributed by atoms with van der Waals surface area (Å²) < 4.78 is 197. The van der Waals surface area contributed by atoms with Crippen LogP contribution in [0.2, 0.25) is 5.02 Å². The van der Waals surface area contributed by atoms with Gasteiger partial charge in [0.05, 0.1) is 32.9 Å². The summed E-state index contributed by atoms with van der Waals surface area (Å²) in [5.41, 5.74) is -4.76. The van der Waals surface area contributed by atoms with E-state index >= 15 is 8.78 Å². The summed E-state index contributed by atoms with van der Waals surface area (Å²) in [6.45, 7) is 1.16. The van der Waals surface area contributed by atoms with Gasteiger partial charge >= 0.3 is 12.4 Å². The summed E-state index contributed by atoms with van der Waals surface area (Å²) in [5, 5.41) is 6.44. The number of fused-ring (bicyclic) bond motifs is 4. The van der Waals surface area contributed by atoms with Gasteiger partial charge in [-0.15, -0.1) is 0 Å². The molecule has 3 aliphatic rings. The fourth-order valence-electron chi connectivity index (χ4n) is 8.81. The maximum Gasteiger partial charge on any atom is 0.435 e. The summed E-state index contributed by atoms with van der Waals surface area (Å²) in [4.78, 5) is 18.9. The lowest BCUT2D eigenvalue weighted by Crippen LogP contribution is -2.33. The van der Waals surface area contributed by atoms with Crippen LogP contribution in [0.25, 0.3) is 22.0 Å². The van der Waals surface area contributed by atoms with Crippen LogP contribution in [0.5, 0.6) is 0 Å². The van der Waals surface area contributed by atoms with Crippen molar-refractivity contribution in [2.45, 2.75) is 112 Å². The first-order valence-corrected chi connectivity index (χ1v) is 24.5. The number of rotatable bonds is 14. The van der Waals surface area contributed by atoms with Gasteiger partial charge in [0.1, 0.15) is 40.9 Å². The number of sulfone groups is 2. The number of hydrogen-bond acceptors (Lipinski definition) is 8. The van der Waals surface area contributed by atoms with Gasteiger partial charge in [0, 0.05) is 52.2 Å². The molecule has 3 atom stereocenters. The zero-order valence-electron chi connectivity index (χ0n) is 35.5. The number of halogens is 11. The Hall–Kier alpha value is -5.01. The molecule has 358 valence electrons. The zero-order chi connectivity index (χ0) is 49.0. The quantitative estimate of drug-likeness (QED) is 0.0794. The van der Waals surface area contributed by atoms with Crippen molar-refractivity contribution < 1.29 is 65.5 Å². The molecule has 8 rings (SSSR count). The Bertz CT molecular complexity index is 3130. The van der Waals surface area contributed by atoms with Gasteiger partial charge in [0.25, 0.3) is 5.92 Å². The lowest BCUT2D eigenvalue weighted by molar-refractivity contribution is -0.143. The van der Waals surface area contributed by atoms with Crippen molar-refractivity contribution in [3.8, 4) is 23.0 Å². The van der Waals surface area contributed by atoms with Gasteiger partial charge in [-0.3, -0.25) is 14.2 Å². The molecule has 0 unspecified atom stereocenters. The highest BCUT2D eigenvalue weighted by Gasteiger charge is 2.68. The first-order valence-electron chi connectivity index (χ1n) is 20.8. The average Bonchev–Trinajstić information content (AvgIpc) is 4.13. The molecule has 3 aromatic heterocycles. The predicted molar refractivity (Wildman–Crippen MR) is 224 cm³/mol. The molecule has 0 bridgehead atoms. The molecule has 2 saturated carbocycles. The Morgan fingerprint density at radius 1 is 0.940 bits per heavy atom. The average molecular weight is 1010 g/mol. The van der Waals surface area contributed by atoms with Crippen LogP contribution in [0.4, 0.5) is 43.9 Å². The summed E-state index contributed by atoms with van der Waals surface area (Å²) in [6, 6.07) is 7.43. The van der Waals surface area contributed by atoms with Crippen molar-refractivity contribution in [3.63, 3.8) is 0 Å². The number of carbonyl (C=O) groups excluding carboxylic acids is 1. The van der Waals surface area contributed by atoms with Gasteiger partial charge < -0.3 is 0 Å². The number of Topliss-reactive ketones (excluding diaryl/α,β-unsaturated/α-hetero) is 1. The van der Waals surface area contributed by atoms with Crippen molar-refractivity contribution >= 4 is 48.0 Å². The number of nitrogens with zero attached hydrogens (tertiary/aromatic N) is 5. The Morgan fingerprint density at radius 2 is 1.60 bits per heavy atom. The number of ketones is 1. The number of carbonyl (C=O) groups is 1. The van der Waals surface area contributed by atoms with Crippen LogP contribution in [0.3, 0.4) is 0 Å². The third-order valence-corrected chi connectivity index (χ3v) is 17.0. The molecule has 0 radical (unpaired) electrons. The van der Waals surface area contributed by atoms with Gasteiger partial charge in [0.15, 0.2) is 31.2 Å². The number of pyridine rings is 1. The molecule has 0 aliphatic heterocycles. The Kier molecular flexibility index (Phi) is 12.0. The molecular weight excluding hydrogens is 968 g/mol. The molecule has 0 spiro atoms. The largest absolute Gasteiger partial charge is 0.435 e. The van der Waals surface area contributed by atoms with Crippen LogP contribution < -0.4 is 0 Å². The van der Waals surface area contributed by atoms with Crippen LogP contribution in [0.15, 0.2) is 42.5 Å². The van der Waals surface area contributed by atoms with E-state index in [1.54, 1.807) is 0 Å². The molecule has 0 N–H and O–H groups in total. The molecule has 3 aliphatic carbocycles. The van der Waals surface area contributed by atoms with E-state index in [0.717, 1.165) is 12.1 Å². The van der Waals surface area contributed by atoms with Gasteiger partial charge in [-0.1, -0.05) is 30.5 Å². The highest BCUT2D eigenvalue weighted by Crippen LogP contribution is 2.68. The summed E-state index contributed by atoms with van der Waals surface area (Å²) in [7, 11) is -7.74. The van der Waals surface area contributed by atoms with Crippen molar-refractivity contribution in [3.05, 3.63) is 98.7 Å². The first kappa shape index (κ1) is 48.4. The van der Waals surface area contributed by atoms with Gasteiger partial charge in [0.2, 0.25) is 0 Å². The molecule has 3 heterocycles. The standard InChI is InChI=1S/C44H38ClF10N5O5S2/c1-4-66(62,63)20-34-36-33(45)10-9-30(38(36)60(57-34)21-42(48,49)50)29-8-5-26(11-12-41(2,3)67(64,65)28-6-7-28)56-37(29)23(13-22-14-24(46)17-25(47)15-22)16-27(61)19-59-40-35(39(58-59)44(53,54)55)31-18-32(31)43(40,51)52/h5,8-10,14-15,17,23,28,31-32H,4,6-7,13,16,18-21H2,1-3H3/t23-,31+,32-/m1/s1. The van der Waals surface area contributed by atoms with E-state index in [1.807, 2.05) is 0 Å². The van der Waals surface area contributed by atoms with E-state index in [2.05, 4.69) is 27.0 Å². The molecule has 23 heteroatoms. The third kappa shape index (κ3) is 9.43. The number of alkyl halides is 8. The maximum absolute atomic E-state index is 15.6. The Morgan fingerprint density at radius 3 is 2.21 bits per heavy atom. The Labute approximate surface area is 381 Å². The predicted octanol–water partition coefficient (Wildman–Crippen LogP) is 9.64. The van der Waals surface area contributed by atoms with E-state index in [0.29, 0.717) is 28.3 Å². The molecule has 2 aromatic carbocycles. The topological polar surface area (TPSA) is 134 Å².